The zero-order valence-electron chi connectivity index (χ0n) is 9.40. The molecule has 1 aromatic heterocycles. The van der Waals surface area contributed by atoms with Crippen LogP contribution in [0.25, 0.3) is 0 Å². The number of methoxy groups -OCH3 is 1. The molecule has 1 N–H and O–H groups in total. The van der Waals surface area contributed by atoms with Crippen molar-refractivity contribution >= 4 is 27.7 Å². The molecule has 1 aromatic rings. The van der Waals surface area contributed by atoms with Gasteiger partial charge in [-0.3, -0.25) is 0 Å². The molecule has 2 heterocycles. The first-order valence-electron chi connectivity index (χ1n) is 5.29. The van der Waals surface area contributed by atoms with Gasteiger partial charge >= 0.3 is 5.97 Å². The summed E-state index contributed by atoms with van der Waals surface area (Å²) in [6.07, 6.45) is 2.56. The molecule has 1 aliphatic heterocycles. The van der Waals surface area contributed by atoms with Crippen molar-refractivity contribution in [1.29, 1.82) is 0 Å². The van der Waals surface area contributed by atoms with Crippen LogP contribution >= 0.6 is 15.9 Å². The fourth-order valence-electron chi connectivity index (χ4n) is 1.66. The van der Waals surface area contributed by atoms with Gasteiger partial charge in [-0.25, -0.2) is 9.78 Å². The number of esters is 1. The Morgan fingerprint density at radius 3 is 3.18 bits per heavy atom. The number of aromatic nitrogens is 1. The van der Waals surface area contributed by atoms with Crippen LogP contribution < -0.4 is 5.32 Å². The Labute approximate surface area is 108 Å². The molecular formula is C11H13BrN2O3. The van der Waals surface area contributed by atoms with E-state index in [-0.39, 0.29) is 6.04 Å². The summed E-state index contributed by atoms with van der Waals surface area (Å²) in [5.74, 6) is 0.135. The molecule has 0 amide bonds. The van der Waals surface area contributed by atoms with Crippen molar-refractivity contribution in [3.8, 4) is 0 Å². The number of halogens is 1. The maximum absolute atomic E-state index is 11.6. The molecule has 0 aliphatic carbocycles. The minimum atomic E-state index is -0.403. The van der Waals surface area contributed by atoms with Crippen LogP contribution in [0.5, 0.6) is 0 Å². The van der Waals surface area contributed by atoms with Gasteiger partial charge in [0.2, 0.25) is 0 Å². The highest BCUT2D eigenvalue weighted by atomic mass is 79.9. The molecule has 1 atom stereocenters. The van der Waals surface area contributed by atoms with Gasteiger partial charge < -0.3 is 14.8 Å². The molecule has 0 saturated carbocycles. The summed E-state index contributed by atoms with van der Waals surface area (Å²) < 4.78 is 10.7. The highest BCUT2D eigenvalue weighted by molar-refractivity contribution is 9.10. The number of nitrogens with zero attached hydrogens (tertiary/aromatic N) is 1. The van der Waals surface area contributed by atoms with E-state index >= 15 is 0 Å². The van der Waals surface area contributed by atoms with E-state index < -0.39 is 5.97 Å². The summed E-state index contributed by atoms with van der Waals surface area (Å²) in [6.45, 7) is 1.38. The molecule has 0 aromatic carbocycles. The minimum Gasteiger partial charge on any atom is -0.465 e. The number of hydrogen-bond donors (Lipinski definition) is 1. The van der Waals surface area contributed by atoms with Crippen LogP contribution in [0.4, 0.5) is 5.82 Å². The Kier molecular flexibility index (Phi) is 3.96. The summed E-state index contributed by atoms with van der Waals surface area (Å²) in [6, 6.07) is 1.89. The van der Waals surface area contributed by atoms with Crippen molar-refractivity contribution in [1.82, 2.24) is 4.98 Å². The minimum absolute atomic E-state index is 0.201. The van der Waals surface area contributed by atoms with Crippen LogP contribution in [0, 0.1) is 0 Å². The number of carbonyl (C=O) groups is 1. The number of ether oxygens (including phenoxy) is 2. The van der Waals surface area contributed by atoms with Crippen molar-refractivity contribution < 1.29 is 14.3 Å². The quantitative estimate of drug-likeness (QED) is 0.863. The first-order chi connectivity index (χ1) is 8.20. The number of carbonyl (C=O) groups excluding carboxylic acids is 1. The van der Waals surface area contributed by atoms with Crippen LogP contribution in [0.2, 0.25) is 0 Å². The van der Waals surface area contributed by atoms with E-state index in [1.54, 1.807) is 12.3 Å². The Hall–Kier alpha value is -1.14. The number of anilines is 1. The molecule has 1 saturated heterocycles. The third-order valence-corrected chi connectivity index (χ3v) is 2.96. The molecule has 0 spiro atoms. The summed E-state index contributed by atoms with van der Waals surface area (Å²) in [5, 5.41) is 3.19. The van der Waals surface area contributed by atoms with Crippen molar-refractivity contribution in [2.45, 2.75) is 12.5 Å². The van der Waals surface area contributed by atoms with Gasteiger partial charge in [0.05, 0.1) is 19.8 Å². The van der Waals surface area contributed by atoms with Crippen molar-refractivity contribution in [2.24, 2.45) is 0 Å². The Balaban J connectivity index is 2.22. The van der Waals surface area contributed by atoms with E-state index in [0.29, 0.717) is 18.0 Å². The number of rotatable bonds is 3. The predicted molar refractivity (Wildman–Crippen MR) is 66.1 cm³/mol. The zero-order chi connectivity index (χ0) is 12.3. The number of pyridine rings is 1. The third-order valence-electron chi connectivity index (χ3n) is 2.53. The first kappa shape index (κ1) is 12.3. The SMILES string of the molecule is COC(=O)c1cc(Br)cnc1NC1CCOC1. The van der Waals surface area contributed by atoms with E-state index in [1.807, 2.05) is 0 Å². The van der Waals surface area contributed by atoms with Gasteiger partial charge in [-0.05, 0) is 28.4 Å². The molecule has 5 nitrogen and oxygen atoms in total. The second kappa shape index (κ2) is 5.46. The maximum Gasteiger partial charge on any atom is 0.341 e. The molecule has 2 rings (SSSR count). The second-order valence-electron chi connectivity index (χ2n) is 3.75. The summed E-state index contributed by atoms with van der Waals surface area (Å²) in [7, 11) is 1.35. The highest BCUT2D eigenvalue weighted by Gasteiger charge is 2.20. The fourth-order valence-corrected chi connectivity index (χ4v) is 1.99. The second-order valence-corrected chi connectivity index (χ2v) is 4.66. The average molecular weight is 301 g/mol. The lowest BCUT2D eigenvalue weighted by molar-refractivity contribution is 0.0601. The normalized spacial score (nSPS) is 19.1. The molecule has 1 aliphatic rings. The van der Waals surface area contributed by atoms with Crippen molar-refractivity contribution in [3.63, 3.8) is 0 Å². The lowest BCUT2D eigenvalue weighted by Crippen LogP contribution is -2.22. The molecular weight excluding hydrogens is 288 g/mol. The Morgan fingerprint density at radius 2 is 2.53 bits per heavy atom. The predicted octanol–water partition coefficient (Wildman–Crippen LogP) is 1.83. The van der Waals surface area contributed by atoms with Crippen molar-refractivity contribution in [2.75, 3.05) is 25.6 Å². The third kappa shape index (κ3) is 2.95. The highest BCUT2D eigenvalue weighted by Crippen LogP contribution is 2.21. The first-order valence-corrected chi connectivity index (χ1v) is 6.08. The standard InChI is InChI=1S/C11H13BrN2O3/c1-16-11(15)9-4-7(12)5-13-10(9)14-8-2-3-17-6-8/h4-5,8H,2-3,6H2,1H3,(H,13,14). The monoisotopic (exact) mass is 300 g/mol. The molecule has 92 valence electrons. The van der Waals surface area contributed by atoms with Crippen molar-refractivity contribution in [3.05, 3.63) is 22.3 Å². The summed E-state index contributed by atoms with van der Waals surface area (Å²) in [4.78, 5) is 15.8. The Bertz CT molecular complexity index is 419. The van der Waals surface area contributed by atoms with Crippen LogP contribution in [0.3, 0.4) is 0 Å². The molecule has 0 radical (unpaired) electrons. The van der Waals surface area contributed by atoms with E-state index in [0.717, 1.165) is 17.5 Å². The van der Waals surface area contributed by atoms with Gasteiger partial charge in [-0.2, -0.15) is 0 Å². The molecule has 17 heavy (non-hydrogen) atoms. The molecule has 1 unspecified atom stereocenters. The number of hydrogen-bond acceptors (Lipinski definition) is 5. The summed E-state index contributed by atoms with van der Waals surface area (Å²) in [5.41, 5.74) is 0.425. The lowest BCUT2D eigenvalue weighted by Gasteiger charge is -2.14. The van der Waals surface area contributed by atoms with E-state index in [9.17, 15) is 4.79 Å². The fraction of sp³-hybridized carbons (Fsp3) is 0.455. The molecule has 1 fully saturated rings. The van der Waals surface area contributed by atoms with Crippen LogP contribution in [-0.2, 0) is 9.47 Å². The maximum atomic E-state index is 11.6. The van der Waals surface area contributed by atoms with Gasteiger partial charge in [0.1, 0.15) is 11.4 Å². The van der Waals surface area contributed by atoms with E-state index in [4.69, 9.17) is 9.47 Å². The van der Waals surface area contributed by atoms with Crippen LogP contribution in [-0.4, -0.2) is 37.3 Å². The van der Waals surface area contributed by atoms with Crippen LogP contribution in [0.1, 0.15) is 16.8 Å². The average Bonchev–Trinajstić information content (AvgIpc) is 2.83. The van der Waals surface area contributed by atoms with E-state index in [1.165, 1.54) is 7.11 Å². The van der Waals surface area contributed by atoms with Gasteiger partial charge in [0.25, 0.3) is 0 Å². The largest absolute Gasteiger partial charge is 0.465 e. The van der Waals surface area contributed by atoms with Gasteiger partial charge in [0.15, 0.2) is 0 Å². The summed E-state index contributed by atoms with van der Waals surface area (Å²) >= 11 is 3.28. The van der Waals surface area contributed by atoms with E-state index in [2.05, 4.69) is 26.2 Å². The molecule has 6 heteroatoms. The zero-order valence-corrected chi connectivity index (χ0v) is 11.0. The lowest BCUT2D eigenvalue weighted by atomic mass is 10.2. The number of nitrogens with one attached hydrogen (secondary N) is 1. The molecule has 0 bridgehead atoms. The Morgan fingerprint density at radius 1 is 1.71 bits per heavy atom. The van der Waals surface area contributed by atoms with Gasteiger partial charge in [-0.1, -0.05) is 0 Å². The van der Waals surface area contributed by atoms with Gasteiger partial charge in [-0.15, -0.1) is 0 Å². The van der Waals surface area contributed by atoms with Crippen LogP contribution in [0.15, 0.2) is 16.7 Å². The van der Waals surface area contributed by atoms with Gasteiger partial charge in [0, 0.05) is 17.3 Å². The smallest absolute Gasteiger partial charge is 0.341 e. The topological polar surface area (TPSA) is 60.5 Å².